The van der Waals surface area contributed by atoms with Gasteiger partial charge in [0.15, 0.2) is 0 Å². The third-order valence-electron chi connectivity index (χ3n) is 3.79. The number of nitrogens with zero attached hydrogens (tertiary/aromatic N) is 2. The van der Waals surface area contributed by atoms with Gasteiger partial charge in [0.05, 0.1) is 17.4 Å². The number of benzene rings is 1. The van der Waals surface area contributed by atoms with Crippen LogP contribution in [0.1, 0.15) is 25.0 Å². The van der Waals surface area contributed by atoms with Crippen LogP contribution >= 0.6 is 0 Å². The quantitative estimate of drug-likeness (QED) is 0.853. The Labute approximate surface area is 120 Å². The van der Waals surface area contributed by atoms with E-state index in [1.54, 1.807) is 32.8 Å². The van der Waals surface area contributed by atoms with Gasteiger partial charge in [0, 0.05) is 19.8 Å². The van der Waals surface area contributed by atoms with E-state index < -0.39 is 15.3 Å². The molecule has 0 aliphatic carbocycles. The van der Waals surface area contributed by atoms with Crippen molar-refractivity contribution in [3.8, 4) is 0 Å². The van der Waals surface area contributed by atoms with Crippen LogP contribution in [-0.2, 0) is 21.2 Å². The molecule has 0 atom stereocenters. The van der Waals surface area contributed by atoms with Gasteiger partial charge in [-0.15, -0.1) is 0 Å². The van der Waals surface area contributed by atoms with E-state index in [2.05, 4.69) is 0 Å². The molecule has 0 saturated heterocycles. The number of hydrogen-bond donors (Lipinski definition) is 0. The summed E-state index contributed by atoms with van der Waals surface area (Å²) < 4.78 is 25.8. The number of carbonyl (C=O) groups excluding carboxylic acids is 1. The van der Waals surface area contributed by atoms with E-state index in [0.717, 1.165) is 16.8 Å². The Bertz CT molecular complexity index is 665. The van der Waals surface area contributed by atoms with Crippen molar-refractivity contribution in [3.63, 3.8) is 0 Å². The largest absolute Gasteiger partial charge is 0.315 e. The predicted molar refractivity (Wildman–Crippen MR) is 80.8 cm³/mol. The van der Waals surface area contributed by atoms with Crippen molar-refractivity contribution < 1.29 is 13.2 Å². The van der Waals surface area contributed by atoms with E-state index >= 15 is 0 Å². The highest BCUT2D eigenvalue weighted by Crippen LogP contribution is 2.35. The van der Waals surface area contributed by atoms with Gasteiger partial charge in [-0.2, -0.15) is 0 Å². The molecular weight excluding hydrogens is 276 g/mol. The summed E-state index contributed by atoms with van der Waals surface area (Å²) in [7, 11) is -0.0641. The number of aryl methyl sites for hydroxylation is 1. The highest BCUT2D eigenvalue weighted by molar-refractivity contribution is 7.93. The molecule has 0 spiro atoms. The van der Waals surface area contributed by atoms with E-state index in [9.17, 15) is 13.2 Å². The Hall–Kier alpha value is -1.56. The molecule has 0 aromatic heterocycles. The number of rotatable bonds is 3. The van der Waals surface area contributed by atoms with Gasteiger partial charge in [0.25, 0.3) is 0 Å². The van der Waals surface area contributed by atoms with E-state index in [-0.39, 0.29) is 5.91 Å². The Morgan fingerprint density at radius 1 is 1.30 bits per heavy atom. The lowest BCUT2D eigenvalue weighted by atomic mass is 10.1. The van der Waals surface area contributed by atoms with Crippen molar-refractivity contribution in [3.05, 3.63) is 23.3 Å². The maximum Gasteiger partial charge on any atom is 0.237 e. The van der Waals surface area contributed by atoms with Crippen LogP contribution in [0.3, 0.4) is 0 Å². The zero-order chi connectivity index (χ0) is 15.2. The van der Waals surface area contributed by atoms with Crippen LogP contribution in [0, 0.1) is 6.92 Å². The number of likely N-dealkylation sites (N-methyl/N-ethyl adjacent to an activating group) is 1. The molecule has 0 bridgehead atoms. The van der Waals surface area contributed by atoms with Gasteiger partial charge in [0.1, 0.15) is 0 Å². The standard InChI is InChI=1S/C14H20N2O3S/c1-9(2)20(18,19)16(5)12-7-11-8-14(17)15(4)13(11)6-10(12)3/h6-7,9H,8H2,1-5H3. The van der Waals surface area contributed by atoms with E-state index in [1.807, 2.05) is 19.1 Å². The summed E-state index contributed by atoms with van der Waals surface area (Å²) in [6, 6.07) is 3.69. The summed E-state index contributed by atoms with van der Waals surface area (Å²) >= 11 is 0. The minimum atomic E-state index is -3.36. The highest BCUT2D eigenvalue weighted by Gasteiger charge is 2.28. The average Bonchev–Trinajstić information content (AvgIpc) is 2.63. The van der Waals surface area contributed by atoms with E-state index in [1.165, 1.54) is 4.31 Å². The summed E-state index contributed by atoms with van der Waals surface area (Å²) in [5, 5.41) is -0.482. The minimum Gasteiger partial charge on any atom is -0.315 e. The molecule has 0 fully saturated rings. The Kier molecular flexibility index (Phi) is 3.54. The zero-order valence-electron chi connectivity index (χ0n) is 12.5. The summed E-state index contributed by atoms with van der Waals surface area (Å²) in [5.74, 6) is 0.0333. The van der Waals surface area contributed by atoms with Crippen LogP contribution in [0.5, 0.6) is 0 Å². The van der Waals surface area contributed by atoms with Crippen LogP contribution in [0.25, 0.3) is 0 Å². The first-order chi connectivity index (χ1) is 9.16. The molecule has 1 amide bonds. The minimum absolute atomic E-state index is 0.0333. The van der Waals surface area contributed by atoms with Crippen LogP contribution in [0.2, 0.25) is 0 Å². The van der Waals surface area contributed by atoms with Crippen molar-refractivity contribution in [1.82, 2.24) is 0 Å². The molecule has 0 radical (unpaired) electrons. The highest BCUT2D eigenvalue weighted by atomic mass is 32.2. The first-order valence-electron chi connectivity index (χ1n) is 6.54. The van der Waals surface area contributed by atoms with Crippen LogP contribution < -0.4 is 9.21 Å². The summed E-state index contributed by atoms with van der Waals surface area (Å²) in [6.07, 6.45) is 0.328. The molecule has 5 nitrogen and oxygen atoms in total. The van der Waals surface area contributed by atoms with Gasteiger partial charge in [-0.1, -0.05) is 0 Å². The molecule has 1 aromatic carbocycles. The maximum absolute atomic E-state index is 12.3. The number of fused-ring (bicyclic) bond motifs is 1. The summed E-state index contributed by atoms with van der Waals surface area (Å²) in [6.45, 7) is 5.18. The Morgan fingerprint density at radius 2 is 1.90 bits per heavy atom. The number of amides is 1. The fourth-order valence-electron chi connectivity index (χ4n) is 2.39. The van der Waals surface area contributed by atoms with Gasteiger partial charge in [-0.05, 0) is 44.0 Å². The molecule has 20 heavy (non-hydrogen) atoms. The van der Waals surface area contributed by atoms with Crippen molar-refractivity contribution in [1.29, 1.82) is 0 Å². The second-order valence-corrected chi connectivity index (χ2v) is 7.98. The number of anilines is 2. The van der Waals surface area contributed by atoms with Crippen LogP contribution in [0.4, 0.5) is 11.4 Å². The number of sulfonamides is 1. The molecule has 2 rings (SSSR count). The van der Waals surface area contributed by atoms with Crippen molar-refractivity contribution in [2.75, 3.05) is 23.3 Å². The number of carbonyl (C=O) groups is 1. The monoisotopic (exact) mass is 296 g/mol. The SMILES string of the molecule is Cc1cc2c(cc1N(C)S(=O)(=O)C(C)C)CC(=O)N2C. The second kappa shape index (κ2) is 4.77. The lowest BCUT2D eigenvalue weighted by Crippen LogP contribution is -2.33. The molecule has 1 aliphatic rings. The molecule has 0 N–H and O–H groups in total. The third kappa shape index (κ3) is 2.18. The third-order valence-corrected chi connectivity index (χ3v) is 5.94. The molecule has 1 aromatic rings. The lowest BCUT2D eigenvalue weighted by molar-refractivity contribution is -0.117. The fraction of sp³-hybridized carbons (Fsp3) is 0.500. The van der Waals surface area contributed by atoms with Crippen LogP contribution in [0.15, 0.2) is 12.1 Å². The molecule has 1 heterocycles. The Balaban J connectivity index is 2.51. The molecule has 0 saturated carbocycles. The van der Waals surface area contributed by atoms with Gasteiger partial charge >= 0.3 is 0 Å². The first kappa shape index (κ1) is 14.8. The fourth-order valence-corrected chi connectivity index (χ4v) is 3.49. The normalized spacial score (nSPS) is 14.9. The van der Waals surface area contributed by atoms with E-state index in [4.69, 9.17) is 0 Å². The van der Waals surface area contributed by atoms with Gasteiger partial charge in [0.2, 0.25) is 15.9 Å². The average molecular weight is 296 g/mol. The van der Waals surface area contributed by atoms with Crippen LogP contribution in [-0.4, -0.2) is 33.7 Å². The molecule has 1 aliphatic heterocycles. The maximum atomic E-state index is 12.3. The molecular formula is C14H20N2O3S. The predicted octanol–water partition coefficient (Wildman–Crippen LogP) is 1.69. The van der Waals surface area contributed by atoms with Crippen molar-refractivity contribution >= 4 is 27.3 Å². The smallest absolute Gasteiger partial charge is 0.237 e. The Morgan fingerprint density at radius 3 is 2.45 bits per heavy atom. The second-order valence-electron chi connectivity index (χ2n) is 5.46. The van der Waals surface area contributed by atoms with Gasteiger partial charge < -0.3 is 4.90 Å². The summed E-state index contributed by atoms with van der Waals surface area (Å²) in [5.41, 5.74) is 3.23. The van der Waals surface area contributed by atoms with Gasteiger partial charge in [-0.25, -0.2) is 8.42 Å². The lowest BCUT2D eigenvalue weighted by Gasteiger charge is -2.24. The zero-order valence-corrected chi connectivity index (χ0v) is 13.3. The molecule has 110 valence electrons. The molecule has 6 heteroatoms. The van der Waals surface area contributed by atoms with E-state index in [0.29, 0.717) is 12.1 Å². The van der Waals surface area contributed by atoms with Crippen molar-refractivity contribution in [2.24, 2.45) is 0 Å². The number of hydrogen-bond acceptors (Lipinski definition) is 3. The van der Waals surface area contributed by atoms with Crippen molar-refractivity contribution in [2.45, 2.75) is 32.4 Å². The topological polar surface area (TPSA) is 57.7 Å². The van der Waals surface area contributed by atoms with Gasteiger partial charge in [-0.3, -0.25) is 9.10 Å². The first-order valence-corrected chi connectivity index (χ1v) is 8.04. The molecule has 0 unspecified atom stereocenters. The summed E-state index contributed by atoms with van der Waals surface area (Å²) in [4.78, 5) is 13.3.